The van der Waals surface area contributed by atoms with Gasteiger partial charge in [-0.25, -0.2) is 4.79 Å². The van der Waals surface area contributed by atoms with Gasteiger partial charge in [0.25, 0.3) is 0 Å². The van der Waals surface area contributed by atoms with E-state index in [1.165, 1.54) is 11.8 Å². The lowest BCUT2D eigenvalue weighted by molar-refractivity contribution is 0.0695. The molecule has 1 N–H and O–H groups in total. The van der Waals surface area contributed by atoms with Crippen LogP contribution in [0.2, 0.25) is 0 Å². The summed E-state index contributed by atoms with van der Waals surface area (Å²) >= 11 is 1.36. The minimum Gasteiger partial charge on any atom is -0.490 e. The van der Waals surface area contributed by atoms with Crippen molar-refractivity contribution in [3.63, 3.8) is 0 Å². The number of hydrogen-bond donors (Lipinski definition) is 1. The Kier molecular flexibility index (Phi) is 6.99. The Hall–Kier alpha value is -3.44. The summed E-state index contributed by atoms with van der Waals surface area (Å²) in [6.07, 6.45) is 2.45. The normalized spacial score (nSPS) is 10.4. The Morgan fingerprint density at radius 3 is 2.43 bits per heavy atom. The summed E-state index contributed by atoms with van der Waals surface area (Å²) in [6.45, 7) is 2.54. The van der Waals surface area contributed by atoms with E-state index in [4.69, 9.17) is 14.0 Å². The molecule has 0 aliphatic heterocycles. The largest absolute Gasteiger partial charge is 0.490 e. The number of rotatable bonds is 9. The molecule has 0 aliphatic carbocycles. The summed E-state index contributed by atoms with van der Waals surface area (Å²) in [5.41, 5.74) is 2.18. The molecule has 0 saturated carbocycles. The number of nitriles is 1. The fourth-order valence-electron chi connectivity index (χ4n) is 2.89. The van der Waals surface area contributed by atoms with Gasteiger partial charge in [0.2, 0.25) is 0 Å². The van der Waals surface area contributed by atoms with Gasteiger partial charge in [0.1, 0.15) is 36.3 Å². The third kappa shape index (κ3) is 4.75. The van der Waals surface area contributed by atoms with E-state index in [9.17, 15) is 15.2 Å². The van der Waals surface area contributed by atoms with Crippen LogP contribution in [-0.2, 0) is 6.42 Å². The van der Waals surface area contributed by atoms with Gasteiger partial charge >= 0.3 is 5.97 Å². The predicted octanol–water partition coefficient (Wildman–Crippen LogP) is 4.65. The van der Waals surface area contributed by atoms with Crippen molar-refractivity contribution in [3.8, 4) is 28.9 Å². The lowest BCUT2D eigenvalue weighted by atomic mass is 10.1. The lowest BCUT2D eigenvalue weighted by Crippen LogP contribution is -2.10. The van der Waals surface area contributed by atoms with Crippen molar-refractivity contribution >= 4 is 17.7 Å². The number of ether oxygens (including phenoxy) is 2. The lowest BCUT2D eigenvalue weighted by Gasteiger charge is -2.11. The van der Waals surface area contributed by atoms with Crippen LogP contribution in [0, 0.1) is 11.3 Å². The van der Waals surface area contributed by atoms with Gasteiger partial charge in [-0.2, -0.15) is 5.26 Å². The molecule has 3 rings (SSSR count). The summed E-state index contributed by atoms with van der Waals surface area (Å²) in [5, 5.41) is 23.0. The van der Waals surface area contributed by atoms with Gasteiger partial charge in [-0.1, -0.05) is 12.1 Å². The first kappa shape index (κ1) is 21.3. The van der Waals surface area contributed by atoms with Gasteiger partial charge in [-0.3, -0.25) is 0 Å². The number of aromatic nitrogens is 1. The third-order valence-electron chi connectivity index (χ3n) is 4.39. The molecule has 0 radical (unpaired) electrons. The minimum atomic E-state index is -0.943. The van der Waals surface area contributed by atoms with E-state index in [2.05, 4.69) is 11.2 Å². The first-order chi connectivity index (χ1) is 14.6. The van der Waals surface area contributed by atoms with Gasteiger partial charge in [0.15, 0.2) is 10.8 Å². The molecule has 0 saturated heterocycles. The number of carbonyl (C=O) groups is 1. The maximum Gasteiger partial charge on any atom is 0.335 e. The van der Waals surface area contributed by atoms with E-state index in [0.29, 0.717) is 47.5 Å². The molecular weight excluding hydrogens is 404 g/mol. The zero-order chi connectivity index (χ0) is 21.5. The first-order valence-electron chi connectivity index (χ1n) is 9.23. The number of aromatic carboxylic acids is 1. The number of carboxylic acids is 1. The van der Waals surface area contributed by atoms with Crippen LogP contribution in [0.5, 0.6) is 11.5 Å². The quantitative estimate of drug-likeness (QED) is 0.391. The fraction of sp³-hybridized carbons (Fsp3) is 0.227. The fourth-order valence-corrected chi connectivity index (χ4v) is 3.35. The highest BCUT2D eigenvalue weighted by Gasteiger charge is 2.17. The maximum atomic E-state index is 11.2. The Balaban J connectivity index is 1.56. The number of aryl methyl sites for hydroxylation is 1. The topological polar surface area (TPSA) is 106 Å². The van der Waals surface area contributed by atoms with Crippen LogP contribution in [0.25, 0.3) is 11.3 Å². The molecule has 0 atom stereocenters. The summed E-state index contributed by atoms with van der Waals surface area (Å²) in [6, 6.07) is 14.2. The zero-order valence-electron chi connectivity index (χ0n) is 16.5. The molecule has 0 fully saturated rings. The second kappa shape index (κ2) is 9.85. The van der Waals surface area contributed by atoms with Crippen LogP contribution in [0.1, 0.15) is 28.4 Å². The van der Waals surface area contributed by atoms with Gasteiger partial charge in [0.05, 0.1) is 5.56 Å². The molecule has 0 bridgehead atoms. The second-order valence-electron chi connectivity index (χ2n) is 6.21. The Labute approximate surface area is 178 Å². The molecule has 3 aromatic rings. The predicted molar refractivity (Wildman–Crippen MR) is 112 cm³/mol. The van der Waals surface area contributed by atoms with Crippen molar-refractivity contribution in [1.29, 1.82) is 5.26 Å². The van der Waals surface area contributed by atoms with Gasteiger partial charge < -0.3 is 19.1 Å². The molecule has 0 amide bonds. The molecular formula is C22H20N2O5S. The van der Waals surface area contributed by atoms with Crippen molar-refractivity contribution in [2.75, 3.05) is 19.5 Å². The summed E-state index contributed by atoms with van der Waals surface area (Å²) < 4.78 is 16.7. The smallest absolute Gasteiger partial charge is 0.335 e. The highest BCUT2D eigenvalue weighted by Crippen LogP contribution is 2.31. The van der Waals surface area contributed by atoms with E-state index in [1.54, 1.807) is 42.5 Å². The SMILES string of the molecule is CCc1cc(OCCOc2ccc(-c3onc(SC)c3C#N)cc2)ccc1C(=O)O. The maximum absolute atomic E-state index is 11.2. The molecule has 154 valence electrons. The number of carboxylic acid groups (broad SMARTS) is 1. The zero-order valence-corrected chi connectivity index (χ0v) is 17.4. The van der Waals surface area contributed by atoms with Crippen LogP contribution in [0.3, 0.4) is 0 Å². The number of benzene rings is 2. The van der Waals surface area contributed by atoms with Crippen LogP contribution in [0.15, 0.2) is 52.0 Å². The highest BCUT2D eigenvalue weighted by atomic mass is 32.2. The monoisotopic (exact) mass is 424 g/mol. The molecule has 8 heteroatoms. The molecule has 0 aliphatic rings. The van der Waals surface area contributed by atoms with Crippen LogP contribution >= 0.6 is 11.8 Å². The van der Waals surface area contributed by atoms with Crippen molar-refractivity contribution < 1.29 is 23.9 Å². The van der Waals surface area contributed by atoms with Crippen LogP contribution < -0.4 is 9.47 Å². The van der Waals surface area contributed by atoms with Crippen LogP contribution in [-0.4, -0.2) is 35.7 Å². The minimum absolute atomic E-state index is 0.289. The molecule has 0 spiro atoms. The number of thioether (sulfide) groups is 1. The summed E-state index contributed by atoms with van der Waals surface area (Å²) in [5.74, 6) is 0.756. The Morgan fingerprint density at radius 2 is 1.83 bits per heavy atom. The average Bonchev–Trinajstić information content (AvgIpc) is 3.20. The number of nitrogens with zero attached hydrogens (tertiary/aromatic N) is 2. The Morgan fingerprint density at radius 1 is 1.17 bits per heavy atom. The van der Waals surface area contributed by atoms with Gasteiger partial charge in [0, 0.05) is 5.56 Å². The molecule has 30 heavy (non-hydrogen) atoms. The molecule has 0 unspecified atom stereocenters. The van der Waals surface area contributed by atoms with Gasteiger partial charge in [-0.15, -0.1) is 11.8 Å². The van der Waals surface area contributed by atoms with E-state index >= 15 is 0 Å². The third-order valence-corrected chi connectivity index (χ3v) is 5.06. The van der Waals surface area contributed by atoms with Crippen LogP contribution in [0.4, 0.5) is 0 Å². The van der Waals surface area contributed by atoms with E-state index in [-0.39, 0.29) is 5.56 Å². The Bertz CT molecular complexity index is 1070. The van der Waals surface area contributed by atoms with E-state index in [0.717, 1.165) is 11.1 Å². The van der Waals surface area contributed by atoms with Gasteiger partial charge in [-0.05, 0) is 60.7 Å². The highest BCUT2D eigenvalue weighted by molar-refractivity contribution is 7.98. The van der Waals surface area contributed by atoms with Crippen molar-refractivity contribution in [1.82, 2.24) is 5.16 Å². The van der Waals surface area contributed by atoms with Crippen molar-refractivity contribution in [2.45, 2.75) is 18.4 Å². The second-order valence-corrected chi connectivity index (χ2v) is 7.00. The van der Waals surface area contributed by atoms with E-state index < -0.39 is 5.97 Å². The van der Waals surface area contributed by atoms with Crippen molar-refractivity contribution in [3.05, 3.63) is 59.2 Å². The molecule has 1 heterocycles. The number of hydrogen-bond acceptors (Lipinski definition) is 7. The molecule has 2 aromatic carbocycles. The van der Waals surface area contributed by atoms with E-state index in [1.807, 2.05) is 13.2 Å². The average molecular weight is 424 g/mol. The standard InChI is InChI=1S/C22H20N2O5S/c1-3-14-12-17(8-9-18(14)22(25)26)28-11-10-27-16-6-4-15(5-7-16)20-19(13-23)21(30-2)24-29-20/h4-9,12H,3,10-11H2,1-2H3,(H,25,26). The summed E-state index contributed by atoms with van der Waals surface area (Å²) in [4.78, 5) is 11.2. The summed E-state index contributed by atoms with van der Waals surface area (Å²) in [7, 11) is 0. The molecule has 7 nitrogen and oxygen atoms in total. The first-order valence-corrected chi connectivity index (χ1v) is 10.5. The van der Waals surface area contributed by atoms with Crippen molar-refractivity contribution in [2.24, 2.45) is 0 Å². The molecule has 1 aromatic heterocycles.